The summed E-state index contributed by atoms with van der Waals surface area (Å²) in [7, 11) is 0. The Hall–Kier alpha value is -1.10. The second kappa shape index (κ2) is 8.08. The van der Waals surface area contributed by atoms with Crippen molar-refractivity contribution in [2.24, 2.45) is 0 Å². The van der Waals surface area contributed by atoms with E-state index in [1.165, 1.54) is 5.56 Å². The number of nitrogens with one attached hydrogen (secondary N) is 1. The number of aryl methyl sites for hydroxylation is 1. The molecule has 1 aromatic rings. The summed E-state index contributed by atoms with van der Waals surface area (Å²) in [4.78, 5) is 2.10. The summed E-state index contributed by atoms with van der Waals surface area (Å²) in [6.45, 7) is 11.8. The Bertz CT molecular complexity index is 361. The van der Waals surface area contributed by atoms with Crippen molar-refractivity contribution in [1.82, 2.24) is 10.2 Å². The Morgan fingerprint density at radius 2 is 2.33 bits per heavy atom. The molecule has 4 heteroatoms. The fourth-order valence-electron chi connectivity index (χ4n) is 1.86. The van der Waals surface area contributed by atoms with E-state index in [2.05, 4.69) is 36.7 Å². The Labute approximate surface area is 109 Å². The van der Waals surface area contributed by atoms with Crippen molar-refractivity contribution in [2.75, 3.05) is 26.2 Å². The van der Waals surface area contributed by atoms with Crippen molar-refractivity contribution in [3.05, 3.63) is 35.8 Å². The van der Waals surface area contributed by atoms with Gasteiger partial charge in [0.2, 0.25) is 0 Å². The zero-order chi connectivity index (χ0) is 13.4. The third-order valence-corrected chi connectivity index (χ3v) is 2.79. The molecular formula is C14H24N2O2. The third-order valence-electron chi connectivity index (χ3n) is 2.79. The first-order valence-corrected chi connectivity index (χ1v) is 6.44. The van der Waals surface area contributed by atoms with Crippen LogP contribution in [0.15, 0.2) is 23.1 Å². The lowest BCUT2D eigenvalue weighted by molar-refractivity contribution is 0.193. The quantitative estimate of drug-likeness (QED) is 0.657. The highest BCUT2D eigenvalue weighted by molar-refractivity contribution is 5.20. The zero-order valence-corrected chi connectivity index (χ0v) is 11.4. The molecule has 18 heavy (non-hydrogen) atoms. The van der Waals surface area contributed by atoms with Gasteiger partial charge in [0, 0.05) is 13.1 Å². The monoisotopic (exact) mass is 252 g/mol. The molecule has 2 N–H and O–H groups in total. The molecule has 0 unspecified atom stereocenters. The second-order valence-electron chi connectivity index (χ2n) is 4.35. The van der Waals surface area contributed by atoms with Gasteiger partial charge >= 0.3 is 0 Å². The molecule has 0 bridgehead atoms. The number of nitrogens with zero attached hydrogens (tertiary/aromatic N) is 1. The number of hydrogen-bond acceptors (Lipinski definition) is 4. The highest BCUT2D eigenvalue weighted by Crippen LogP contribution is 2.16. The van der Waals surface area contributed by atoms with Crippen LogP contribution >= 0.6 is 0 Å². The van der Waals surface area contributed by atoms with Crippen molar-refractivity contribution in [3.63, 3.8) is 0 Å². The maximum absolute atomic E-state index is 9.00. The maximum Gasteiger partial charge on any atom is 0.120 e. The van der Waals surface area contributed by atoms with Gasteiger partial charge in [-0.15, -0.1) is 6.58 Å². The van der Waals surface area contributed by atoms with Gasteiger partial charge in [0.15, 0.2) is 0 Å². The summed E-state index contributed by atoms with van der Waals surface area (Å²) in [5.41, 5.74) is 1.17. The molecule has 0 spiro atoms. The fourth-order valence-corrected chi connectivity index (χ4v) is 1.86. The minimum absolute atomic E-state index is 0.151. The smallest absolute Gasteiger partial charge is 0.120 e. The lowest BCUT2D eigenvalue weighted by Gasteiger charge is -2.17. The Kier molecular flexibility index (Phi) is 6.72. The van der Waals surface area contributed by atoms with Crippen LogP contribution in [-0.2, 0) is 13.1 Å². The molecule has 0 aliphatic carbocycles. The molecule has 0 saturated carbocycles. The summed E-state index contributed by atoms with van der Waals surface area (Å²) in [5.74, 6) is 1.94. The second-order valence-corrected chi connectivity index (χ2v) is 4.35. The number of aliphatic hydroxyl groups excluding tert-OH is 1. The van der Waals surface area contributed by atoms with E-state index < -0.39 is 0 Å². The molecule has 0 radical (unpaired) electrons. The van der Waals surface area contributed by atoms with Gasteiger partial charge in [0.1, 0.15) is 11.5 Å². The Morgan fingerprint density at radius 3 is 2.94 bits per heavy atom. The van der Waals surface area contributed by atoms with Crippen LogP contribution in [0.25, 0.3) is 0 Å². The molecule has 4 nitrogen and oxygen atoms in total. The Morgan fingerprint density at radius 1 is 1.56 bits per heavy atom. The first-order valence-electron chi connectivity index (χ1n) is 6.44. The molecule has 0 atom stereocenters. The fraction of sp³-hybridized carbons (Fsp3) is 0.571. The van der Waals surface area contributed by atoms with Crippen LogP contribution in [0, 0.1) is 6.92 Å². The van der Waals surface area contributed by atoms with Gasteiger partial charge in [0.25, 0.3) is 0 Å². The lowest BCUT2D eigenvalue weighted by Crippen LogP contribution is -2.26. The van der Waals surface area contributed by atoms with Crippen LogP contribution < -0.4 is 5.32 Å². The first kappa shape index (κ1) is 15.0. The molecule has 102 valence electrons. The number of aliphatic hydroxyl groups is 1. The summed E-state index contributed by atoms with van der Waals surface area (Å²) < 4.78 is 5.82. The van der Waals surface area contributed by atoms with Crippen molar-refractivity contribution >= 4 is 0 Å². The molecule has 0 aliphatic rings. The summed E-state index contributed by atoms with van der Waals surface area (Å²) in [5, 5.41) is 12.3. The zero-order valence-electron chi connectivity index (χ0n) is 11.4. The average Bonchev–Trinajstić information content (AvgIpc) is 2.67. The average molecular weight is 252 g/mol. The van der Waals surface area contributed by atoms with Gasteiger partial charge in [-0.3, -0.25) is 4.90 Å². The summed E-state index contributed by atoms with van der Waals surface area (Å²) >= 11 is 0. The van der Waals surface area contributed by atoms with Crippen molar-refractivity contribution < 1.29 is 9.52 Å². The molecule has 0 saturated heterocycles. The van der Waals surface area contributed by atoms with Crippen LogP contribution in [0.4, 0.5) is 0 Å². The minimum Gasteiger partial charge on any atom is -0.463 e. The van der Waals surface area contributed by atoms with E-state index in [1.54, 1.807) is 0 Å². The van der Waals surface area contributed by atoms with Crippen LogP contribution in [-0.4, -0.2) is 36.2 Å². The molecule has 1 aromatic heterocycles. The highest BCUT2D eigenvalue weighted by atomic mass is 16.3. The minimum atomic E-state index is 0.151. The largest absolute Gasteiger partial charge is 0.463 e. The maximum atomic E-state index is 9.00. The van der Waals surface area contributed by atoms with Gasteiger partial charge in [-0.25, -0.2) is 0 Å². The van der Waals surface area contributed by atoms with Gasteiger partial charge in [-0.1, -0.05) is 13.0 Å². The van der Waals surface area contributed by atoms with Gasteiger partial charge in [0.05, 0.1) is 19.7 Å². The predicted octanol–water partition coefficient (Wildman–Crippen LogP) is 1.68. The van der Waals surface area contributed by atoms with E-state index in [0.717, 1.165) is 31.2 Å². The van der Waals surface area contributed by atoms with E-state index in [-0.39, 0.29) is 6.61 Å². The molecule has 0 aromatic carbocycles. The SMILES string of the molecule is C=CCN(CCO)Cc1cc(C)c(CNCC)o1. The number of furan rings is 1. The lowest BCUT2D eigenvalue weighted by atomic mass is 10.2. The van der Waals surface area contributed by atoms with Crippen LogP contribution in [0.1, 0.15) is 24.0 Å². The topological polar surface area (TPSA) is 48.6 Å². The number of hydrogen-bond donors (Lipinski definition) is 2. The Balaban J connectivity index is 2.62. The number of rotatable bonds is 9. The van der Waals surface area contributed by atoms with Crippen LogP contribution in [0.2, 0.25) is 0 Å². The molecule has 0 fully saturated rings. The standard InChI is InChI=1S/C14H24N2O2/c1-4-6-16(7-8-17)11-13-9-12(3)14(18-13)10-15-5-2/h4,9,15,17H,1,5-8,10-11H2,2-3H3. The summed E-state index contributed by atoms with van der Waals surface area (Å²) in [6, 6.07) is 2.07. The van der Waals surface area contributed by atoms with E-state index >= 15 is 0 Å². The van der Waals surface area contributed by atoms with E-state index in [9.17, 15) is 0 Å². The molecule has 1 rings (SSSR count). The molecule has 0 amide bonds. The van der Waals surface area contributed by atoms with Crippen molar-refractivity contribution in [1.29, 1.82) is 0 Å². The van der Waals surface area contributed by atoms with Crippen molar-refractivity contribution in [2.45, 2.75) is 26.9 Å². The van der Waals surface area contributed by atoms with Gasteiger partial charge in [-0.2, -0.15) is 0 Å². The molecule has 0 aliphatic heterocycles. The third kappa shape index (κ3) is 4.64. The molecular weight excluding hydrogens is 228 g/mol. The van der Waals surface area contributed by atoms with Gasteiger partial charge < -0.3 is 14.8 Å². The van der Waals surface area contributed by atoms with E-state index in [0.29, 0.717) is 13.1 Å². The molecule has 1 heterocycles. The first-order chi connectivity index (χ1) is 8.71. The van der Waals surface area contributed by atoms with E-state index in [1.807, 2.05) is 6.08 Å². The van der Waals surface area contributed by atoms with Gasteiger partial charge in [-0.05, 0) is 25.1 Å². The van der Waals surface area contributed by atoms with Crippen LogP contribution in [0.3, 0.4) is 0 Å². The van der Waals surface area contributed by atoms with E-state index in [4.69, 9.17) is 9.52 Å². The van der Waals surface area contributed by atoms with Crippen LogP contribution in [0.5, 0.6) is 0 Å². The van der Waals surface area contributed by atoms with Crippen molar-refractivity contribution in [3.8, 4) is 0 Å². The predicted molar refractivity (Wildman–Crippen MR) is 73.4 cm³/mol. The normalized spacial score (nSPS) is 11.1. The highest BCUT2D eigenvalue weighted by Gasteiger charge is 2.10. The summed E-state index contributed by atoms with van der Waals surface area (Å²) in [6.07, 6.45) is 1.84.